The molecule has 150 valence electrons. The lowest BCUT2D eigenvalue weighted by atomic mass is 10.1. The third-order valence-electron chi connectivity index (χ3n) is 3.13. The lowest BCUT2D eigenvalue weighted by Gasteiger charge is -2.19. The summed E-state index contributed by atoms with van der Waals surface area (Å²) in [6, 6.07) is -4.16. The lowest BCUT2D eigenvalue weighted by molar-refractivity contribution is -0.139. The number of aromatic nitrogens is 3. The molecular formula is C15H17F6N5O. The van der Waals surface area contributed by atoms with Crippen LogP contribution in [0.25, 0.3) is 0 Å². The number of aliphatic hydroxyl groups is 1. The van der Waals surface area contributed by atoms with Crippen LogP contribution in [0.2, 0.25) is 0 Å². The first-order valence-electron chi connectivity index (χ1n) is 7.46. The second-order valence-electron chi connectivity index (χ2n) is 5.72. The second kappa shape index (κ2) is 7.99. The van der Waals surface area contributed by atoms with Crippen molar-refractivity contribution in [1.82, 2.24) is 15.0 Å². The van der Waals surface area contributed by atoms with Crippen LogP contribution in [0.15, 0.2) is 12.7 Å². The van der Waals surface area contributed by atoms with E-state index in [0.29, 0.717) is 0 Å². The van der Waals surface area contributed by atoms with Gasteiger partial charge >= 0.3 is 12.4 Å². The van der Waals surface area contributed by atoms with Gasteiger partial charge in [-0.25, -0.2) is 0 Å². The van der Waals surface area contributed by atoms with Gasteiger partial charge in [0.2, 0.25) is 17.7 Å². The van der Waals surface area contributed by atoms with Crippen LogP contribution < -0.4 is 10.6 Å². The number of hydrogen-bond donors (Lipinski definition) is 3. The molecule has 1 heterocycles. The van der Waals surface area contributed by atoms with Crippen molar-refractivity contribution in [1.29, 1.82) is 0 Å². The molecule has 3 N–H and O–H groups in total. The van der Waals surface area contributed by atoms with E-state index >= 15 is 0 Å². The SMILES string of the molecule is C=CC(C)(O)C#Cc1nc(N[C@H](C)C(F)(F)F)nc(N[C@H](C)C(F)(F)F)n1. The van der Waals surface area contributed by atoms with Gasteiger partial charge in [0, 0.05) is 0 Å². The number of hydrogen-bond acceptors (Lipinski definition) is 6. The summed E-state index contributed by atoms with van der Waals surface area (Å²) in [6.07, 6.45) is -8.20. The molecule has 0 saturated heterocycles. The molecular weight excluding hydrogens is 380 g/mol. The van der Waals surface area contributed by atoms with E-state index in [1.807, 2.05) is 10.6 Å². The average Bonchev–Trinajstić information content (AvgIpc) is 2.51. The van der Waals surface area contributed by atoms with Crippen molar-refractivity contribution in [3.8, 4) is 11.8 Å². The Labute approximate surface area is 151 Å². The first-order valence-corrected chi connectivity index (χ1v) is 7.46. The van der Waals surface area contributed by atoms with Gasteiger partial charge in [0.25, 0.3) is 0 Å². The third-order valence-corrected chi connectivity index (χ3v) is 3.13. The average molecular weight is 397 g/mol. The Morgan fingerprint density at radius 3 is 1.70 bits per heavy atom. The Morgan fingerprint density at radius 1 is 0.963 bits per heavy atom. The summed E-state index contributed by atoms with van der Waals surface area (Å²) >= 11 is 0. The molecule has 0 radical (unpaired) electrons. The molecule has 12 heteroatoms. The van der Waals surface area contributed by atoms with Crippen molar-refractivity contribution in [2.24, 2.45) is 0 Å². The van der Waals surface area contributed by atoms with Crippen molar-refractivity contribution < 1.29 is 31.4 Å². The summed E-state index contributed by atoms with van der Waals surface area (Å²) in [4.78, 5) is 10.8. The van der Waals surface area contributed by atoms with E-state index in [4.69, 9.17) is 0 Å². The van der Waals surface area contributed by atoms with E-state index in [9.17, 15) is 31.4 Å². The molecule has 1 rings (SSSR count). The van der Waals surface area contributed by atoms with Gasteiger partial charge in [-0.3, -0.25) is 0 Å². The van der Waals surface area contributed by atoms with Crippen LogP contribution in [-0.2, 0) is 0 Å². The molecule has 0 aliphatic carbocycles. The molecule has 3 atom stereocenters. The Hall–Kier alpha value is -2.55. The number of nitrogens with zero attached hydrogens (tertiary/aromatic N) is 3. The standard InChI is InChI=1S/C15H17F6N5O/c1-5-13(4,27)7-6-10-24-11(22-8(2)14(16,17)18)26-12(25-10)23-9(3)15(19,20)21/h5,8-9,27H,1H2,2-4H3,(H2,22,23,24,25,26)/t8-,9-,13?/m1/s1. The maximum atomic E-state index is 12.7. The number of anilines is 2. The van der Waals surface area contributed by atoms with Crippen LogP contribution in [0.5, 0.6) is 0 Å². The highest BCUT2D eigenvalue weighted by Crippen LogP contribution is 2.24. The fourth-order valence-corrected chi connectivity index (χ4v) is 1.35. The summed E-state index contributed by atoms with van der Waals surface area (Å²) in [7, 11) is 0. The monoisotopic (exact) mass is 397 g/mol. The number of alkyl halides is 6. The Bertz CT molecular complexity index is 695. The van der Waals surface area contributed by atoms with Crippen LogP contribution in [0, 0.1) is 11.8 Å². The second-order valence-corrected chi connectivity index (χ2v) is 5.72. The van der Waals surface area contributed by atoms with Crippen molar-refractivity contribution in [2.75, 3.05) is 10.6 Å². The summed E-state index contributed by atoms with van der Waals surface area (Å²) in [5, 5.41) is 13.6. The maximum Gasteiger partial charge on any atom is 0.408 e. The predicted octanol–water partition coefficient (Wildman–Crippen LogP) is 2.89. The van der Waals surface area contributed by atoms with E-state index < -0.39 is 47.8 Å². The molecule has 0 aromatic carbocycles. The molecule has 1 unspecified atom stereocenters. The van der Waals surface area contributed by atoms with Gasteiger partial charge in [-0.2, -0.15) is 41.3 Å². The van der Waals surface area contributed by atoms with Gasteiger partial charge in [-0.1, -0.05) is 12.5 Å². The zero-order valence-corrected chi connectivity index (χ0v) is 14.5. The number of rotatable bonds is 5. The molecule has 0 spiro atoms. The van der Waals surface area contributed by atoms with E-state index in [-0.39, 0.29) is 0 Å². The van der Waals surface area contributed by atoms with Gasteiger partial charge in [0.05, 0.1) is 0 Å². The molecule has 0 fully saturated rings. The highest BCUT2D eigenvalue weighted by atomic mass is 19.4. The van der Waals surface area contributed by atoms with E-state index in [1.165, 1.54) is 6.92 Å². The lowest BCUT2D eigenvalue weighted by Crippen LogP contribution is -2.35. The Kier molecular flexibility index (Phi) is 6.66. The number of halogens is 6. The quantitative estimate of drug-likeness (QED) is 0.403. The van der Waals surface area contributed by atoms with Crippen molar-refractivity contribution in [3.63, 3.8) is 0 Å². The topological polar surface area (TPSA) is 83.0 Å². The zero-order valence-electron chi connectivity index (χ0n) is 14.5. The largest absolute Gasteiger partial charge is 0.408 e. The third kappa shape index (κ3) is 7.30. The summed E-state index contributed by atoms with van der Waals surface area (Å²) < 4.78 is 76.1. The molecule has 0 aliphatic heterocycles. The first-order chi connectivity index (χ1) is 12.1. The van der Waals surface area contributed by atoms with E-state index in [0.717, 1.165) is 19.9 Å². The highest BCUT2D eigenvalue weighted by molar-refractivity contribution is 5.40. The minimum absolute atomic E-state index is 0.444. The van der Waals surface area contributed by atoms with Crippen LogP contribution in [0.4, 0.5) is 38.2 Å². The molecule has 0 aliphatic rings. The molecule has 0 saturated carbocycles. The molecule has 1 aromatic heterocycles. The van der Waals surface area contributed by atoms with Gasteiger partial charge in [0.15, 0.2) is 0 Å². The van der Waals surface area contributed by atoms with Gasteiger partial charge in [-0.05, 0) is 32.8 Å². The molecule has 0 amide bonds. The van der Waals surface area contributed by atoms with Crippen LogP contribution in [0.1, 0.15) is 26.6 Å². The summed E-state index contributed by atoms with van der Waals surface area (Å²) in [5.74, 6) is 2.84. The first kappa shape index (κ1) is 22.5. The molecule has 1 aromatic rings. The Balaban J connectivity index is 3.28. The van der Waals surface area contributed by atoms with Gasteiger partial charge in [0.1, 0.15) is 17.7 Å². The minimum Gasteiger partial charge on any atom is -0.374 e. The highest BCUT2D eigenvalue weighted by Gasteiger charge is 2.38. The van der Waals surface area contributed by atoms with Gasteiger partial charge < -0.3 is 15.7 Å². The fraction of sp³-hybridized carbons (Fsp3) is 0.533. The van der Waals surface area contributed by atoms with Crippen molar-refractivity contribution >= 4 is 11.9 Å². The Morgan fingerprint density at radius 2 is 1.37 bits per heavy atom. The number of nitrogens with one attached hydrogen (secondary N) is 2. The van der Waals surface area contributed by atoms with Crippen LogP contribution in [-0.4, -0.2) is 50.1 Å². The van der Waals surface area contributed by atoms with Crippen LogP contribution in [0.3, 0.4) is 0 Å². The normalized spacial score (nSPS) is 16.4. The summed E-state index contributed by atoms with van der Waals surface area (Å²) in [6.45, 7) is 6.16. The zero-order chi connectivity index (χ0) is 21.0. The van der Waals surface area contributed by atoms with Crippen molar-refractivity contribution in [3.05, 3.63) is 18.5 Å². The predicted molar refractivity (Wildman–Crippen MR) is 85.8 cm³/mol. The maximum absolute atomic E-state index is 12.7. The fourth-order valence-electron chi connectivity index (χ4n) is 1.35. The molecule has 27 heavy (non-hydrogen) atoms. The summed E-state index contributed by atoms with van der Waals surface area (Å²) in [5.41, 5.74) is -1.66. The van der Waals surface area contributed by atoms with Crippen LogP contribution >= 0.6 is 0 Å². The molecule has 6 nitrogen and oxygen atoms in total. The molecule has 0 bridgehead atoms. The van der Waals surface area contributed by atoms with E-state index in [1.54, 1.807) is 0 Å². The van der Waals surface area contributed by atoms with E-state index in [2.05, 4.69) is 33.4 Å². The van der Waals surface area contributed by atoms with Gasteiger partial charge in [-0.15, -0.1) is 0 Å². The van der Waals surface area contributed by atoms with Crippen molar-refractivity contribution in [2.45, 2.75) is 50.8 Å². The smallest absolute Gasteiger partial charge is 0.374 e. The minimum atomic E-state index is -4.64.